The van der Waals surface area contributed by atoms with Gasteiger partial charge in [-0.1, -0.05) is 15.9 Å². The van der Waals surface area contributed by atoms with Crippen LogP contribution in [0.5, 0.6) is 0 Å². The highest BCUT2D eigenvalue weighted by molar-refractivity contribution is 9.10. The molecule has 0 saturated carbocycles. The van der Waals surface area contributed by atoms with E-state index in [1.54, 1.807) is 6.20 Å². The van der Waals surface area contributed by atoms with Gasteiger partial charge >= 0.3 is 0 Å². The molecule has 0 N–H and O–H groups in total. The fraction of sp³-hybridized carbons (Fsp3) is 0.250. The van der Waals surface area contributed by atoms with Crippen molar-refractivity contribution < 1.29 is 9.53 Å². The summed E-state index contributed by atoms with van der Waals surface area (Å²) in [4.78, 5) is 13.9. The Bertz CT molecular complexity index is 265. The maximum absolute atomic E-state index is 9.81. The molecule has 0 aliphatic heterocycles. The molecule has 1 aromatic heterocycles. The van der Waals surface area contributed by atoms with Crippen LogP contribution >= 0.6 is 15.9 Å². The third-order valence-electron chi connectivity index (χ3n) is 1.32. The Morgan fingerprint density at radius 3 is 3.17 bits per heavy atom. The second-order valence-corrected chi connectivity index (χ2v) is 3.10. The van der Waals surface area contributed by atoms with Crippen molar-refractivity contribution >= 4 is 22.4 Å². The number of rotatable bonds is 4. The van der Waals surface area contributed by atoms with E-state index in [2.05, 4.69) is 25.7 Å². The van der Waals surface area contributed by atoms with Crippen LogP contribution < -0.4 is 0 Å². The van der Waals surface area contributed by atoms with Gasteiger partial charge in [-0.2, -0.15) is 0 Å². The molecule has 12 heavy (non-hydrogen) atoms. The highest BCUT2D eigenvalue weighted by Gasteiger charge is 1.94. The number of ether oxygens (including phenoxy) is 1. The van der Waals surface area contributed by atoms with Crippen LogP contribution in [0.25, 0.3) is 0 Å². The quantitative estimate of drug-likeness (QED) is 0.582. The molecule has 0 spiro atoms. The first-order valence-corrected chi connectivity index (χ1v) is 4.28. The van der Waals surface area contributed by atoms with Gasteiger partial charge in [-0.15, -0.1) is 0 Å². The van der Waals surface area contributed by atoms with Crippen molar-refractivity contribution in [2.24, 2.45) is 0 Å². The molecule has 0 unspecified atom stereocenters. The number of hydrogen-bond donors (Lipinski definition) is 0. The number of halogens is 1. The van der Waals surface area contributed by atoms with Crippen LogP contribution in [0.15, 0.2) is 22.8 Å². The summed E-state index contributed by atoms with van der Waals surface area (Å²) in [6, 6.07) is 3.75. The average molecular weight is 230 g/mol. The maximum Gasteiger partial charge on any atom is 0.293 e. The molecule has 0 bridgehead atoms. The molecule has 0 radical (unpaired) electrons. The standard InChI is InChI=1S/C8H8BrNO2/c9-7-1-3-10-8(5-7)2-4-12-6-11/h1,3,5-6H,2,4H2. The lowest BCUT2D eigenvalue weighted by Crippen LogP contribution is -1.98. The summed E-state index contributed by atoms with van der Waals surface area (Å²) in [5, 5.41) is 0. The van der Waals surface area contributed by atoms with Gasteiger partial charge in [0.15, 0.2) is 0 Å². The van der Waals surface area contributed by atoms with Gasteiger partial charge in [-0.25, -0.2) is 0 Å². The Hall–Kier alpha value is -0.900. The molecule has 64 valence electrons. The minimum Gasteiger partial charge on any atom is -0.467 e. The van der Waals surface area contributed by atoms with E-state index in [1.807, 2.05) is 12.1 Å². The average Bonchev–Trinajstić information content (AvgIpc) is 2.05. The number of carbonyl (C=O) groups excluding carboxylic acids is 1. The third kappa shape index (κ3) is 3.00. The number of pyridine rings is 1. The van der Waals surface area contributed by atoms with E-state index in [1.165, 1.54) is 0 Å². The first-order chi connectivity index (χ1) is 5.83. The van der Waals surface area contributed by atoms with Crippen molar-refractivity contribution in [1.29, 1.82) is 0 Å². The first-order valence-electron chi connectivity index (χ1n) is 3.48. The molecule has 1 heterocycles. The summed E-state index contributed by atoms with van der Waals surface area (Å²) in [6.07, 6.45) is 2.36. The van der Waals surface area contributed by atoms with Gasteiger partial charge in [-0.05, 0) is 12.1 Å². The first kappa shape index (κ1) is 9.19. The number of aromatic nitrogens is 1. The van der Waals surface area contributed by atoms with E-state index in [0.29, 0.717) is 19.5 Å². The molecule has 1 aromatic rings. The van der Waals surface area contributed by atoms with Crippen molar-refractivity contribution in [2.45, 2.75) is 6.42 Å². The lowest BCUT2D eigenvalue weighted by atomic mass is 10.3. The molecule has 1 rings (SSSR count). The van der Waals surface area contributed by atoms with Gasteiger partial charge < -0.3 is 4.74 Å². The summed E-state index contributed by atoms with van der Waals surface area (Å²) in [5.41, 5.74) is 0.909. The molecule has 0 saturated heterocycles. The van der Waals surface area contributed by atoms with E-state index in [4.69, 9.17) is 0 Å². The molecule has 0 aliphatic carbocycles. The third-order valence-corrected chi connectivity index (χ3v) is 1.82. The molecule has 0 atom stereocenters. The minimum atomic E-state index is 0.382. The zero-order valence-electron chi connectivity index (χ0n) is 6.37. The SMILES string of the molecule is O=COCCc1cc(Br)ccn1. The second-order valence-electron chi connectivity index (χ2n) is 2.18. The molecule has 0 amide bonds. The summed E-state index contributed by atoms with van der Waals surface area (Å²) in [7, 11) is 0. The van der Waals surface area contributed by atoms with Gasteiger partial charge in [0, 0.05) is 22.8 Å². The second kappa shape index (κ2) is 4.87. The van der Waals surface area contributed by atoms with Crippen LogP contribution in [0.3, 0.4) is 0 Å². The molecule has 0 fully saturated rings. The Morgan fingerprint density at radius 1 is 1.67 bits per heavy atom. The van der Waals surface area contributed by atoms with Crippen LogP contribution in [-0.4, -0.2) is 18.1 Å². The zero-order valence-corrected chi connectivity index (χ0v) is 7.95. The molecule has 0 aliphatic rings. The van der Waals surface area contributed by atoms with E-state index >= 15 is 0 Å². The van der Waals surface area contributed by atoms with Crippen molar-refractivity contribution in [2.75, 3.05) is 6.61 Å². The highest BCUT2D eigenvalue weighted by atomic mass is 79.9. The van der Waals surface area contributed by atoms with E-state index < -0.39 is 0 Å². The maximum atomic E-state index is 9.81. The van der Waals surface area contributed by atoms with Crippen molar-refractivity contribution in [1.82, 2.24) is 4.98 Å². The topological polar surface area (TPSA) is 39.2 Å². The molecule has 4 heteroatoms. The van der Waals surface area contributed by atoms with Gasteiger partial charge in [0.2, 0.25) is 0 Å². The predicted octanol–water partition coefficient (Wildman–Crippen LogP) is 1.56. The van der Waals surface area contributed by atoms with Gasteiger partial charge in [-0.3, -0.25) is 9.78 Å². The number of nitrogens with zero attached hydrogens (tertiary/aromatic N) is 1. The summed E-state index contributed by atoms with van der Waals surface area (Å²) < 4.78 is 5.53. The van der Waals surface area contributed by atoms with Gasteiger partial charge in [0.25, 0.3) is 6.47 Å². The summed E-state index contributed by atoms with van der Waals surface area (Å²) in [5.74, 6) is 0. The van der Waals surface area contributed by atoms with Crippen LogP contribution in [0.1, 0.15) is 5.69 Å². The normalized spacial score (nSPS) is 9.42. The van der Waals surface area contributed by atoms with E-state index in [-0.39, 0.29) is 0 Å². The minimum absolute atomic E-state index is 0.382. The van der Waals surface area contributed by atoms with E-state index in [9.17, 15) is 4.79 Å². The highest BCUT2D eigenvalue weighted by Crippen LogP contribution is 2.09. The lowest BCUT2D eigenvalue weighted by molar-refractivity contribution is -0.128. The number of hydrogen-bond acceptors (Lipinski definition) is 3. The zero-order chi connectivity index (χ0) is 8.81. The van der Waals surface area contributed by atoms with Crippen molar-refractivity contribution in [3.63, 3.8) is 0 Å². The fourth-order valence-electron chi connectivity index (χ4n) is 0.797. The Kier molecular flexibility index (Phi) is 3.73. The van der Waals surface area contributed by atoms with Crippen molar-refractivity contribution in [3.8, 4) is 0 Å². The molecule has 0 aromatic carbocycles. The van der Waals surface area contributed by atoms with Crippen LogP contribution in [0.2, 0.25) is 0 Å². The van der Waals surface area contributed by atoms with E-state index in [0.717, 1.165) is 10.2 Å². The summed E-state index contributed by atoms with van der Waals surface area (Å²) >= 11 is 3.32. The fourth-order valence-corrected chi connectivity index (χ4v) is 1.18. The van der Waals surface area contributed by atoms with Crippen LogP contribution in [0.4, 0.5) is 0 Å². The lowest BCUT2D eigenvalue weighted by Gasteiger charge is -1.98. The smallest absolute Gasteiger partial charge is 0.293 e. The van der Waals surface area contributed by atoms with Crippen LogP contribution in [0, 0.1) is 0 Å². The summed E-state index contributed by atoms with van der Waals surface area (Å²) in [6.45, 7) is 0.824. The van der Waals surface area contributed by atoms with Crippen LogP contribution in [-0.2, 0) is 16.0 Å². The Labute approximate surface area is 78.9 Å². The van der Waals surface area contributed by atoms with Gasteiger partial charge in [0.1, 0.15) is 0 Å². The van der Waals surface area contributed by atoms with Gasteiger partial charge in [0.05, 0.1) is 6.61 Å². The number of carbonyl (C=O) groups is 1. The Balaban J connectivity index is 2.46. The molecule has 3 nitrogen and oxygen atoms in total. The van der Waals surface area contributed by atoms with Crippen molar-refractivity contribution in [3.05, 3.63) is 28.5 Å². The predicted molar refractivity (Wildman–Crippen MR) is 47.7 cm³/mol. The largest absolute Gasteiger partial charge is 0.467 e. The Morgan fingerprint density at radius 2 is 2.50 bits per heavy atom. The molecular weight excluding hydrogens is 222 g/mol. The molecular formula is C8H8BrNO2. The monoisotopic (exact) mass is 229 g/mol.